The highest BCUT2D eigenvalue weighted by Crippen LogP contribution is 2.29. The monoisotopic (exact) mass is 272 g/mol. The van der Waals surface area contributed by atoms with E-state index in [1.54, 1.807) is 7.11 Å². The van der Waals surface area contributed by atoms with Gasteiger partial charge >= 0.3 is 5.97 Å². The second-order valence-corrected chi connectivity index (χ2v) is 4.39. The Balaban J connectivity index is 2.15. The van der Waals surface area contributed by atoms with Crippen LogP contribution in [0.2, 0.25) is 0 Å². The molecule has 0 saturated heterocycles. The lowest BCUT2D eigenvalue weighted by Gasteiger charge is -2.01. The molecule has 0 spiro atoms. The number of carboxylic acids is 1. The Kier molecular flexibility index (Phi) is 2.71. The molecule has 0 amide bonds. The molecule has 6 heteroatoms. The minimum atomic E-state index is -1.11. The van der Waals surface area contributed by atoms with Crippen LogP contribution in [0.4, 0.5) is 0 Å². The maximum atomic E-state index is 10.8. The van der Waals surface area contributed by atoms with Crippen molar-refractivity contribution in [2.75, 3.05) is 7.11 Å². The van der Waals surface area contributed by atoms with Crippen LogP contribution in [-0.4, -0.2) is 27.9 Å². The fourth-order valence-corrected chi connectivity index (χ4v) is 2.19. The molecule has 2 heterocycles. The van der Waals surface area contributed by atoms with E-state index in [2.05, 4.69) is 5.16 Å². The summed E-state index contributed by atoms with van der Waals surface area (Å²) in [7, 11) is 3.49. The Bertz CT molecular complexity index is 801. The van der Waals surface area contributed by atoms with Crippen molar-refractivity contribution < 1.29 is 19.2 Å². The molecular formula is C14H12N2O4. The van der Waals surface area contributed by atoms with Gasteiger partial charge in [-0.3, -0.25) is 0 Å². The fraction of sp³-hybridized carbons (Fsp3) is 0.143. The second-order valence-electron chi connectivity index (χ2n) is 4.39. The van der Waals surface area contributed by atoms with Crippen molar-refractivity contribution in [3.8, 4) is 17.2 Å². The highest BCUT2D eigenvalue weighted by molar-refractivity contribution is 5.89. The number of hydrogen-bond donors (Lipinski definition) is 1. The average Bonchev–Trinajstić information content (AvgIpc) is 3.03. The van der Waals surface area contributed by atoms with Gasteiger partial charge in [-0.15, -0.1) is 0 Å². The predicted octanol–water partition coefficient (Wildman–Crippen LogP) is 2.54. The summed E-state index contributed by atoms with van der Waals surface area (Å²) in [5, 5.41) is 13.4. The highest BCUT2D eigenvalue weighted by atomic mass is 16.5. The van der Waals surface area contributed by atoms with Crippen molar-refractivity contribution in [3.05, 3.63) is 36.0 Å². The van der Waals surface area contributed by atoms with Gasteiger partial charge < -0.3 is 18.9 Å². The molecule has 3 aromatic rings. The average molecular weight is 272 g/mol. The van der Waals surface area contributed by atoms with E-state index in [-0.39, 0.29) is 5.69 Å². The van der Waals surface area contributed by atoms with Crippen LogP contribution in [-0.2, 0) is 7.05 Å². The van der Waals surface area contributed by atoms with Crippen molar-refractivity contribution in [1.82, 2.24) is 9.72 Å². The van der Waals surface area contributed by atoms with Crippen molar-refractivity contribution >= 4 is 16.9 Å². The molecule has 0 atom stereocenters. The molecule has 0 aliphatic carbocycles. The molecule has 0 aliphatic heterocycles. The molecule has 0 aliphatic rings. The summed E-state index contributed by atoms with van der Waals surface area (Å²) in [6.07, 6.45) is 0. The molecule has 3 rings (SSSR count). The normalized spacial score (nSPS) is 10.9. The molecule has 0 radical (unpaired) electrons. The zero-order valence-corrected chi connectivity index (χ0v) is 11.0. The number of rotatable bonds is 3. The number of carbonyl (C=O) groups is 1. The van der Waals surface area contributed by atoms with Crippen LogP contribution in [0.3, 0.4) is 0 Å². The zero-order valence-electron chi connectivity index (χ0n) is 11.0. The number of fused-ring (bicyclic) bond motifs is 1. The van der Waals surface area contributed by atoms with Crippen molar-refractivity contribution in [1.29, 1.82) is 0 Å². The van der Waals surface area contributed by atoms with Crippen molar-refractivity contribution in [2.45, 2.75) is 0 Å². The number of methoxy groups -OCH3 is 1. The molecule has 20 heavy (non-hydrogen) atoms. The van der Waals surface area contributed by atoms with Gasteiger partial charge in [-0.2, -0.15) is 0 Å². The number of aromatic nitrogens is 2. The Labute approximate surface area is 114 Å². The Morgan fingerprint density at radius 1 is 1.35 bits per heavy atom. The molecule has 0 bridgehead atoms. The number of aryl methyl sites for hydroxylation is 1. The van der Waals surface area contributed by atoms with Gasteiger partial charge in [0, 0.05) is 24.0 Å². The summed E-state index contributed by atoms with van der Waals surface area (Å²) in [6, 6.07) is 9.03. The predicted molar refractivity (Wildman–Crippen MR) is 71.9 cm³/mol. The second kappa shape index (κ2) is 4.41. The smallest absolute Gasteiger partial charge is 0.358 e. The van der Waals surface area contributed by atoms with Crippen LogP contribution in [0, 0.1) is 0 Å². The highest BCUT2D eigenvalue weighted by Gasteiger charge is 2.16. The topological polar surface area (TPSA) is 77.5 Å². The van der Waals surface area contributed by atoms with Crippen LogP contribution < -0.4 is 4.74 Å². The van der Waals surface area contributed by atoms with Gasteiger partial charge in [-0.05, 0) is 24.3 Å². The van der Waals surface area contributed by atoms with Gasteiger partial charge in [-0.1, -0.05) is 5.16 Å². The SMILES string of the molecule is COc1ccc2c(c1)cc(-c1cc(C(=O)O)no1)n2C. The number of nitrogens with zero attached hydrogens (tertiary/aromatic N) is 2. The molecular weight excluding hydrogens is 260 g/mol. The third-order valence-electron chi connectivity index (χ3n) is 3.23. The van der Waals surface area contributed by atoms with Crippen LogP contribution in [0.1, 0.15) is 10.5 Å². The zero-order chi connectivity index (χ0) is 14.3. The maximum absolute atomic E-state index is 10.8. The summed E-state index contributed by atoms with van der Waals surface area (Å²) in [5.41, 5.74) is 1.64. The van der Waals surface area contributed by atoms with Crippen LogP contribution in [0.25, 0.3) is 22.4 Å². The van der Waals surface area contributed by atoms with E-state index in [1.807, 2.05) is 35.9 Å². The van der Waals surface area contributed by atoms with E-state index in [0.29, 0.717) is 5.76 Å². The quantitative estimate of drug-likeness (QED) is 0.792. The Morgan fingerprint density at radius 2 is 2.15 bits per heavy atom. The van der Waals surface area contributed by atoms with E-state index >= 15 is 0 Å². The number of carboxylic acid groups (broad SMARTS) is 1. The fourth-order valence-electron chi connectivity index (χ4n) is 2.19. The van der Waals surface area contributed by atoms with E-state index < -0.39 is 5.97 Å². The Hall–Kier alpha value is -2.76. The first-order valence-corrected chi connectivity index (χ1v) is 5.94. The third kappa shape index (κ3) is 1.82. The minimum absolute atomic E-state index is 0.108. The third-order valence-corrected chi connectivity index (χ3v) is 3.23. The lowest BCUT2D eigenvalue weighted by Crippen LogP contribution is -1.94. The first kappa shape index (κ1) is 12.3. The molecule has 1 N–H and O–H groups in total. The number of benzene rings is 1. The molecule has 0 fully saturated rings. The van der Waals surface area contributed by atoms with Crippen molar-refractivity contribution in [3.63, 3.8) is 0 Å². The number of hydrogen-bond acceptors (Lipinski definition) is 4. The molecule has 6 nitrogen and oxygen atoms in total. The minimum Gasteiger partial charge on any atom is -0.497 e. The van der Waals surface area contributed by atoms with E-state index in [4.69, 9.17) is 14.4 Å². The number of aromatic carboxylic acids is 1. The molecule has 0 saturated carbocycles. The van der Waals surface area contributed by atoms with E-state index in [1.165, 1.54) is 6.07 Å². The summed E-state index contributed by atoms with van der Waals surface area (Å²) in [4.78, 5) is 10.8. The van der Waals surface area contributed by atoms with Gasteiger partial charge in [0.1, 0.15) is 5.75 Å². The van der Waals surface area contributed by atoms with Crippen LogP contribution in [0.5, 0.6) is 5.75 Å². The van der Waals surface area contributed by atoms with Crippen LogP contribution >= 0.6 is 0 Å². The molecule has 0 unspecified atom stereocenters. The first-order chi connectivity index (χ1) is 9.60. The summed E-state index contributed by atoms with van der Waals surface area (Å²) in [5.74, 6) is 0.0685. The lowest BCUT2D eigenvalue weighted by atomic mass is 10.2. The van der Waals surface area contributed by atoms with Crippen LogP contribution in [0.15, 0.2) is 34.9 Å². The molecule has 1 aromatic carbocycles. The van der Waals surface area contributed by atoms with Crippen molar-refractivity contribution in [2.24, 2.45) is 7.05 Å². The Morgan fingerprint density at radius 3 is 2.80 bits per heavy atom. The maximum Gasteiger partial charge on any atom is 0.358 e. The number of ether oxygens (including phenoxy) is 1. The van der Waals surface area contributed by atoms with Gasteiger partial charge in [-0.25, -0.2) is 4.79 Å². The first-order valence-electron chi connectivity index (χ1n) is 5.94. The molecule has 2 aromatic heterocycles. The standard InChI is InChI=1S/C14H12N2O4/c1-16-11-4-3-9(19-2)5-8(11)6-12(16)13-7-10(14(17)18)15-20-13/h3-7H,1-2H3,(H,17,18). The van der Waals surface area contributed by atoms with Gasteiger partial charge in [0.25, 0.3) is 0 Å². The van der Waals surface area contributed by atoms with Gasteiger partial charge in [0.05, 0.1) is 12.8 Å². The summed E-state index contributed by atoms with van der Waals surface area (Å²) in [6.45, 7) is 0. The lowest BCUT2D eigenvalue weighted by molar-refractivity contribution is 0.0686. The van der Waals surface area contributed by atoms with Gasteiger partial charge in [0.15, 0.2) is 11.5 Å². The summed E-state index contributed by atoms with van der Waals surface area (Å²) >= 11 is 0. The summed E-state index contributed by atoms with van der Waals surface area (Å²) < 4.78 is 12.2. The van der Waals surface area contributed by atoms with Gasteiger partial charge in [0.2, 0.25) is 0 Å². The largest absolute Gasteiger partial charge is 0.497 e. The van der Waals surface area contributed by atoms with E-state index in [0.717, 1.165) is 22.3 Å². The molecule has 102 valence electrons. The van der Waals surface area contributed by atoms with E-state index in [9.17, 15) is 4.79 Å².